The molecule has 1 atom stereocenters. The van der Waals surface area contributed by atoms with Crippen molar-refractivity contribution in [1.82, 2.24) is 23.6 Å². The highest BCUT2D eigenvalue weighted by Gasteiger charge is 2.38. The first-order valence-electron chi connectivity index (χ1n) is 9.50. The lowest BCUT2D eigenvalue weighted by Crippen LogP contribution is -2.51. The second-order valence-corrected chi connectivity index (χ2v) is 9.38. The van der Waals surface area contributed by atoms with Gasteiger partial charge in [0.25, 0.3) is 5.91 Å². The molecule has 0 bridgehead atoms. The van der Waals surface area contributed by atoms with E-state index in [1.54, 1.807) is 22.8 Å². The maximum Gasteiger partial charge on any atom is 0.259 e. The van der Waals surface area contributed by atoms with Gasteiger partial charge in [0, 0.05) is 45.6 Å². The summed E-state index contributed by atoms with van der Waals surface area (Å²) in [6.07, 6.45) is 6.50. The van der Waals surface area contributed by atoms with E-state index in [1.807, 2.05) is 29.1 Å². The van der Waals surface area contributed by atoms with E-state index >= 15 is 0 Å². The van der Waals surface area contributed by atoms with Crippen LogP contribution in [0.2, 0.25) is 0 Å². The Bertz CT molecular complexity index is 931. The van der Waals surface area contributed by atoms with Gasteiger partial charge in [-0.25, -0.2) is 8.42 Å². The summed E-state index contributed by atoms with van der Waals surface area (Å²) in [6, 6.07) is 3.76. The molecular formula is C18H25N5O4S. The lowest BCUT2D eigenvalue weighted by atomic mass is 10.1. The Kier molecular flexibility index (Phi) is 5.26. The zero-order valence-corrected chi connectivity index (χ0v) is 16.7. The summed E-state index contributed by atoms with van der Waals surface area (Å²) < 4.78 is 36.3. The van der Waals surface area contributed by atoms with E-state index in [-0.39, 0.29) is 12.5 Å². The third-order valence-corrected chi connectivity index (χ3v) is 7.72. The van der Waals surface area contributed by atoms with E-state index in [4.69, 9.17) is 4.74 Å². The first-order chi connectivity index (χ1) is 13.5. The van der Waals surface area contributed by atoms with E-state index < -0.39 is 15.3 Å². The smallest absolute Gasteiger partial charge is 0.259 e. The molecule has 2 aromatic rings. The number of ether oxygens (including phenoxy) is 1. The van der Waals surface area contributed by atoms with Crippen molar-refractivity contribution in [3.05, 3.63) is 36.3 Å². The van der Waals surface area contributed by atoms with Crippen molar-refractivity contribution in [2.45, 2.75) is 18.1 Å². The van der Waals surface area contributed by atoms with Crippen LogP contribution in [0.4, 0.5) is 0 Å². The number of aromatic nitrogens is 3. The number of rotatable bonds is 4. The zero-order valence-electron chi connectivity index (χ0n) is 15.9. The van der Waals surface area contributed by atoms with Crippen LogP contribution in [0.25, 0.3) is 5.82 Å². The normalized spacial score (nSPS) is 21.8. The van der Waals surface area contributed by atoms with Crippen molar-refractivity contribution in [2.24, 2.45) is 7.05 Å². The highest BCUT2D eigenvalue weighted by Crippen LogP contribution is 2.24. The second kappa shape index (κ2) is 7.69. The van der Waals surface area contributed by atoms with E-state index in [2.05, 4.69) is 5.10 Å². The molecule has 2 aromatic heterocycles. The Hall–Kier alpha value is -2.17. The molecule has 2 aliphatic rings. The summed E-state index contributed by atoms with van der Waals surface area (Å²) in [4.78, 5) is 14.9. The molecule has 0 saturated carbocycles. The maximum absolute atomic E-state index is 13.2. The summed E-state index contributed by atoms with van der Waals surface area (Å²) in [5.41, 5.74) is 0.475. The molecule has 4 rings (SSSR count). The van der Waals surface area contributed by atoms with Crippen LogP contribution in [-0.2, 0) is 21.8 Å². The Morgan fingerprint density at radius 2 is 1.89 bits per heavy atom. The number of amides is 1. The molecule has 0 aliphatic carbocycles. The van der Waals surface area contributed by atoms with Gasteiger partial charge in [0.15, 0.2) is 0 Å². The van der Waals surface area contributed by atoms with Gasteiger partial charge in [-0.3, -0.25) is 9.48 Å². The highest BCUT2D eigenvalue weighted by atomic mass is 32.2. The van der Waals surface area contributed by atoms with Crippen LogP contribution in [0.5, 0.6) is 0 Å². The fraction of sp³-hybridized carbons (Fsp3) is 0.556. The third-order valence-electron chi connectivity index (χ3n) is 5.40. The van der Waals surface area contributed by atoms with Gasteiger partial charge in [-0.05, 0) is 25.0 Å². The number of morpholine rings is 1. The van der Waals surface area contributed by atoms with Crippen LogP contribution >= 0.6 is 0 Å². The number of hydrogen-bond donors (Lipinski definition) is 0. The molecular weight excluding hydrogens is 382 g/mol. The average Bonchev–Trinajstić information content (AvgIpc) is 3.37. The second-order valence-electron chi connectivity index (χ2n) is 7.17. The largest absolute Gasteiger partial charge is 0.379 e. The van der Waals surface area contributed by atoms with E-state index in [0.717, 1.165) is 0 Å². The topological polar surface area (TPSA) is 89.7 Å². The van der Waals surface area contributed by atoms with Gasteiger partial charge in [0.2, 0.25) is 10.0 Å². The van der Waals surface area contributed by atoms with Crippen LogP contribution in [-0.4, -0.2) is 82.5 Å². The van der Waals surface area contributed by atoms with E-state index in [9.17, 15) is 13.2 Å². The lowest BCUT2D eigenvalue weighted by molar-refractivity contribution is 0.0686. The molecule has 4 heterocycles. The first-order valence-corrected chi connectivity index (χ1v) is 11.0. The molecule has 2 saturated heterocycles. The predicted molar refractivity (Wildman–Crippen MR) is 103 cm³/mol. The molecule has 0 aromatic carbocycles. The van der Waals surface area contributed by atoms with Crippen molar-refractivity contribution in [3.8, 4) is 5.82 Å². The molecule has 0 N–H and O–H groups in total. The van der Waals surface area contributed by atoms with Crippen molar-refractivity contribution < 1.29 is 17.9 Å². The van der Waals surface area contributed by atoms with Crippen molar-refractivity contribution in [2.75, 3.05) is 39.4 Å². The van der Waals surface area contributed by atoms with Gasteiger partial charge in [-0.15, -0.1) is 0 Å². The number of aryl methyl sites for hydroxylation is 1. The van der Waals surface area contributed by atoms with Gasteiger partial charge >= 0.3 is 0 Å². The molecule has 9 nitrogen and oxygen atoms in total. The number of piperidine rings is 1. The molecule has 10 heteroatoms. The van der Waals surface area contributed by atoms with Crippen LogP contribution in [0.15, 0.2) is 30.7 Å². The van der Waals surface area contributed by atoms with Crippen LogP contribution in [0, 0.1) is 0 Å². The number of likely N-dealkylation sites (tertiary alicyclic amines) is 1. The number of sulfonamides is 1. The van der Waals surface area contributed by atoms with Crippen molar-refractivity contribution >= 4 is 15.9 Å². The number of nitrogens with zero attached hydrogens (tertiary/aromatic N) is 5. The standard InChI is InChI=1S/C18H25N5O4S/c1-20-17(21-6-2-3-7-21)16(13-19-20)18(24)22-8-4-5-15(14-22)28(25,26)23-9-11-27-12-10-23/h2-3,6-7,13,15H,4-5,8-12,14H2,1H3/t15-/m1/s1. The predicted octanol–water partition coefficient (Wildman–Crippen LogP) is 0.477. The van der Waals surface area contributed by atoms with Gasteiger partial charge in [-0.2, -0.15) is 9.40 Å². The third kappa shape index (κ3) is 3.47. The van der Waals surface area contributed by atoms with Crippen LogP contribution in [0.3, 0.4) is 0 Å². The van der Waals surface area contributed by atoms with Gasteiger partial charge in [0.05, 0.1) is 24.7 Å². The molecule has 152 valence electrons. The van der Waals surface area contributed by atoms with Crippen molar-refractivity contribution in [3.63, 3.8) is 0 Å². The average molecular weight is 407 g/mol. The molecule has 0 spiro atoms. The van der Waals surface area contributed by atoms with Gasteiger partial charge in [-0.1, -0.05) is 0 Å². The molecule has 2 fully saturated rings. The summed E-state index contributed by atoms with van der Waals surface area (Å²) >= 11 is 0. The first kappa shape index (κ1) is 19.2. The summed E-state index contributed by atoms with van der Waals surface area (Å²) in [7, 11) is -1.66. The molecule has 0 unspecified atom stereocenters. The number of hydrogen-bond acceptors (Lipinski definition) is 5. The maximum atomic E-state index is 13.2. The van der Waals surface area contributed by atoms with E-state index in [1.165, 1.54) is 4.31 Å². The Balaban J connectivity index is 1.55. The Morgan fingerprint density at radius 1 is 1.18 bits per heavy atom. The lowest BCUT2D eigenvalue weighted by Gasteiger charge is -2.36. The minimum Gasteiger partial charge on any atom is -0.379 e. The fourth-order valence-corrected chi connectivity index (χ4v) is 5.82. The monoisotopic (exact) mass is 407 g/mol. The van der Waals surface area contributed by atoms with Crippen LogP contribution < -0.4 is 0 Å². The summed E-state index contributed by atoms with van der Waals surface area (Å²) in [6.45, 7) is 2.36. The summed E-state index contributed by atoms with van der Waals surface area (Å²) in [5.74, 6) is 0.492. The highest BCUT2D eigenvalue weighted by molar-refractivity contribution is 7.89. The minimum absolute atomic E-state index is 0.182. The number of carbonyl (C=O) groups excluding carboxylic acids is 1. The summed E-state index contributed by atoms with van der Waals surface area (Å²) in [5, 5.41) is 3.66. The SMILES string of the molecule is Cn1ncc(C(=O)N2CCC[C@@H](S(=O)(=O)N3CCOCC3)C2)c1-n1cccc1. The Labute approximate surface area is 164 Å². The quantitative estimate of drug-likeness (QED) is 0.735. The van der Waals surface area contributed by atoms with E-state index in [0.29, 0.717) is 57.1 Å². The fourth-order valence-electron chi connectivity index (χ4n) is 3.91. The van der Waals surface area contributed by atoms with Gasteiger partial charge < -0.3 is 14.2 Å². The van der Waals surface area contributed by atoms with Gasteiger partial charge in [0.1, 0.15) is 11.4 Å². The zero-order chi connectivity index (χ0) is 19.7. The van der Waals surface area contributed by atoms with Crippen molar-refractivity contribution in [1.29, 1.82) is 0 Å². The molecule has 1 amide bonds. The number of carbonyl (C=O) groups is 1. The molecule has 28 heavy (non-hydrogen) atoms. The van der Waals surface area contributed by atoms with Crippen LogP contribution in [0.1, 0.15) is 23.2 Å². The minimum atomic E-state index is -3.45. The molecule has 0 radical (unpaired) electrons. The Morgan fingerprint density at radius 3 is 2.61 bits per heavy atom. The molecule has 2 aliphatic heterocycles.